The third kappa shape index (κ3) is 5.83. The van der Waals surface area contributed by atoms with Gasteiger partial charge >= 0.3 is 12.2 Å². The van der Waals surface area contributed by atoms with Crippen LogP contribution in [0.15, 0.2) is 48.2 Å². The average Bonchev–Trinajstić information content (AvgIpc) is 3.05. The molecule has 0 bridgehead atoms. The first-order valence-corrected chi connectivity index (χ1v) is 13.3. The molecule has 3 heterocycles. The molecule has 2 atom stereocenters. The minimum Gasteiger partial charge on any atom is -0.340 e. The maximum absolute atomic E-state index is 14.1. The van der Waals surface area contributed by atoms with Crippen molar-refractivity contribution in [3.8, 4) is 0 Å². The van der Waals surface area contributed by atoms with Gasteiger partial charge in [-0.25, -0.2) is 4.79 Å². The molecule has 1 N–H and O–H groups in total. The lowest BCUT2D eigenvalue weighted by molar-refractivity contribution is -0.143. The van der Waals surface area contributed by atoms with E-state index in [2.05, 4.69) is 16.8 Å². The first kappa shape index (κ1) is 28.7. The highest BCUT2D eigenvalue weighted by Gasteiger charge is 2.49. The zero-order valence-corrected chi connectivity index (χ0v) is 22.6. The lowest BCUT2D eigenvalue weighted by atomic mass is 9.91. The number of likely N-dealkylation sites (N-methyl/N-ethyl adjacent to an activating group) is 1. The van der Waals surface area contributed by atoms with Crippen LogP contribution in [0.4, 0.5) is 18.0 Å². The number of urea groups is 1. The summed E-state index contributed by atoms with van der Waals surface area (Å²) < 4.78 is 41.9. The summed E-state index contributed by atoms with van der Waals surface area (Å²) >= 11 is 0. The van der Waals surface area contributed by atoms with Crippen molar-refractivity contribution in [1.82, 2.24) is 24.9 Å². The van der Waals surface area contributed by atoms with Crippen LogP contribution < -0.4 is 5.32 Å². The van der Waals surface area contributed by atoms with Gasteiger partial charge in [-0.05, 0) is 44.0 Å². The Morgan fingerprint density at radius 1 is 1.15 bits per heavy atom. The molecule has 4 amide bonds. The molecule has 1 aromatic carbocycles. The third-order valence-corrected chi connectivity index (χ3v) is 7.53. The summed E-state index contributed by atoms with van der Waals surface area (Å²) in [6, 6.07) is 2.22. The molecule has 0 aliphatic carbocycles. The molecule has 0 spiro atoms. The van der Waals surface area contributed by atoms with Crippen molar-refractivity contribution in [2.75, 3.05) is 46.3 Å². The number of nitrogens with zero attached hydrogens (tertiary/aromatic N) is 4. The minimum atomic E-state index is -4.68. The molecule has 1 fully saturated rings. The molecule has 212 valence electrons. The van der Waals surface area contributed by atoms with Crippen LogP contribution in [0.2, 0.25) is 0 Å². The van der Waals surface area contributed by atoms with E-state index in [4.69, 9.17) is 0 Å². The SMILES string of the molecule is C=CCN1C(=O)N[C@H](c2ccccc2C(F)(F)F)C2=C1CN([C@@H](CC(C)C)C(=O)N1CCCN(C)CC1)C2=O. The van der Waals surface area contributed by atoms with E-state index in [0.29, 0.717) is 31.8 Å². The largest absolute Gasteiger partial charge is 0.416 e. The van der Waals surface area contributed by atoms with Crippen LogP contribution in [-0.4, -0.2) is 89.8 Å². The van der Waals surface area contributed by atoms with Crippen molar-refractivity contribution in [2.24, 2.45) is 5.92 Å². The van der Waals surface area contributed by atoms with Gasteiger partial charge in [-0.2, -0.15) is 13.2 Å². The number of carbonyl (C=O) groups excluding carboxylic acids is 3. The number of hydrogen-bond acceptors (Lipinski definition) is 4. The Morgan fingerprint density at radius 3 is 2.54 bits per heavy atom. The van der Waals surface area contributed by atoms with Gasteiger partial charge in [-0.3, -0.25) is 14.5 Å². The van der Waals surface area contributed by atoms with Gasteiger partial charge in [0.15, 0.2) is 0 Å². The zero-order valence-electron chi connectivity index (χ0n) is 22.6. The van der Waals surface area contributed by atoms with Gasteiger partial charge in [0, 0.05) is 26.2 Å². The summed E-state index contributed by atoms with van der Waals surface area (Å²) in [5.74, 6) is -0.634. The van der Waals surface area contributed by atoms with Crippen LogP contribution in [0, 0.1) is 5.92 Å². The molecule has 1 saturated heterocycles. The van der Waals surface area contributed by atoms with Crippen molar-refractivity contribution in [2.45, 2.75) is 44.9 Å². The van der Waals surface area contributed by atoms with E-state index in [1.165, 1.54) is 34.1 Å². The third-order valence-electron chi connectivity index (χ3n) is 7.53. The number of alkyl halides is 3. The molecule has 4 rings (SSSR count). The van der Waals surface area contributed by atoms with E-state index >= 15 is 0 Å². The van der Waals surface area contributed by atoms with Gasteiger partial charge in [0.25, 0.3) is 5.91 Å². The second-order valence-electron chi connectivity index (χ2n) is 10.8. The van der Waals surface area contributed by atoms with Crippen LogP contribution in [0.1, 0.15) is 43.9 Å². The molecule has 0 radical (unpaired) electrons. The number of benzene rings is 1. The van der Waals surface area contributed by atoms with E-state index in [-0.39, 0.29) is 36.1 Å². The molecule has 3 aliphatic heterocycles. The molecular weight excluding hydrogens is 511 g/mol. The van der Waals surface area contributed by atoms with Crippen molar-refractivity contribution < 1.29 is 27.6 Å². The highest BCUT2D eigenvalue weighted by molar-refractivity contribution is 6.03. The number of carbonyl (C=O) groups is 3. The normalized spacial score (nSPS) is 21.7. The van der Waals surface area contributed by atoms with Crippen LogP contribution >= 0.6 is 0 Å². The van der Waals surface area contributed by atoms with Crippen LogP contribution in [0.3, 0.4) is 0 Å². The Bertz CT molecular complexity index is 1170. The summed E-state index contributed by atoms with van der Waals surface area (Å²) in [6.45, 7) is 10.3. The van der Waals surface area contributed by atoms with Crippen molar-refractivity contribution in [3.05, 3.63) is 59.3 Å². The number of halogens is 3. The molecule has 39 heavy (non-hydrogen) atoms. The summed E-state index contributed by atoms with van der Waals surface area (Å²) in [5.41, 5.74) is -0.760. The zero-order chi connectivity index (χ0) is 28.5. The molecule has 3 aliphatic rings. The van der Waals surface area contributed by atoms with Gasteiger partial charge in [-0.1, -0.05) is 38.1 Å². The number of nitrogens with one attached hydrogen (secondary N) is 1. The van der Waals surface area contributed by atoms with E-state index in [1.807, 2.05) is 20.9 Å². The number of rotatable bonds is 7. The lowest BCUT2D eigenvalue weighted by Crippen LogP contribution is -2.51. The fourth-order valence-electron chi connectivity index (χ4n) is 5.61. The lowest BCUT2D eigenvalue weighted by Gasteiger charge is -2.34. The summed E-state index contributed by atoms with van der Waals surface area (Å²) in [5, 5.41) is 2.62. The predicted molar refractivity (Wildman–Crippen MR) is 140 cm³/mol. The molecule has 8 nitrogen and oxygen atoms in total. The van der Waals surface area contributed by atoms with Gasteiger partial charge in [-0.15, -0.1) is 6.58 Å². The molecule has 0 unspecified atom stereocenters. The van der Waals surface area contributed by atoms with Gasteiger partial charge in [0.1, 0.15) is 6.04 Å². The fourth-order valence-corrected chi connectivity index (χ4v) is 5.61. The highest BCUT2D eigenvalue weighted by Crippen LogP contribution is 2.42. The topological polar surface area (TPSA) is 76.2 Å². The maximum atomic E-state index is 14.1. The van der Waals surface area contributed by atoms with E-state index in [9.17, 15) is 27.6 Å². The fraction of sp³-hybridized carbons (Fsp3) is 0.536. The average molecular weight is 548 g/mol. The first-order valence-electron chi connectivity index (χ1n) is 13.3. The molecule has 1 aromatic rings. The quantitative estimate of drug-likeness (QED) is 0.529. The van der Waals surface area contributed by atoms with Crippen molar-refractivity contribution in [1.29, 1.82) is 0 Å². The standard InChI is InChI=1S/C28H36F3N5O3/c1-5-11-35-22-17-36(21(16-18(2)3)25(37)34-13-8-12-33(4)14-15-34)26(38)23(22)24(32-27(35)39)19-9-6-7-10-20(19)28(29,30)31/h5-7,9-10,18,21,24H,1,8,11-17H2,2-4H3,(H,32,39)/t21-,24+/m0/s1. The van der Waals surface area contributed by atoms with Crippen molar-refractivity contribution >= 4 is 17.8 Å². The smallest absolute Gasteiger partial charge is 0.340 e. The van der Waals surface area contributed by atoms with Gasteiger partial charge < -0.3 is 20.0 Å². The molecule has 0 saturated carbocycles. The second kappa shape index (κ2) is 11.4. The maximum Gasteiger partial charge on any atom is 0.416 e. The van der Waals surface area contributed by atoms with E-state index in [1.54, 1.807) is 4.90 Å². The summed E-state index contributed by atoms with van der Waals surface area (Å²) in [7, 11) is 2.00. The summed E-state index contributed by atoms with van der Waals surface area (Å²) in [4.78, 5) is 47.8. The minimum absolute atomic E-state index is 0.0447. The van der Waals surface area contributed by atoms with Crippen LogP contribution in [0.5, 0.6) is 0 Å². The van der Waals surface area contributed by atoms with Crippen LogP contribution in [-0.2, 0) is 15.8 Å². The van der Waals surface area contributed by atoms with E-state index < -0.39 is 35.8 Å². The van der Waals surface area contributed by atoms with Gasteiger partial charge in [0.2, 0.25) is 5.91 Å². The van der Waals surface area contributed by atoms with Gasteiger partial charge in [0.05, 0.1) is 29.4 Å². The van der Waals surface area contributed by atoms with E-state index in [0.717, 1.165) is 19.0 Å². The van der Waals surface area contributed by atoms with Crippen molar-refractivity contribution in [3.63, 3.8) is 0 Å². The Balaban J connectivity index is 1.75. The predicted octanol–water partition coefficient (Wildman–Crippen LogP) is 3.63. The first-order chi connectivity index (χ1) is 18.4. The highest BCUT2D eigenvalue weighted by atomic mass is 19.4. The molecular formula is C28H36F3N5O3. The number of amides is 4. The number of hydrogen-bond donors (Lipinski definition) is 1. The Morgan fingerprint density at radius 2 is 1.87 bits per heavy atom. The Hall–Kier alpha value is -3.34. The summed E-state index contributed by atoms with van der Waals surface area (Å²) in [6.07, 6.45) is -1.99. The Labute approximate surface area is 227 Å². The Kier molecular flexibility index (Phi) is 8.39. The molecule has 0 aromatic heterocycles. The monoisotopic (exact) mass is 547 g/mol. The second-order valence-corrected chi connectivity index (χ2v) is 10.8. The van der Waals surface area contributed by atoms with Crippen LogP contribution in [0.25, 0.3) is 0 Å². The molecule has 11 heteroatoms.